The highest BCUT2D eigenvalue weighted by atomic mass is 16.5. The summed E-state index contributed by atoms with van der Waals surface area (Å²) in [5.41, 5.74) is 3.65. The Morgan fingerprint density at radius 1 is 1.36 bits per heavy atom. The van der Waals surface area contributed by atoms with Crippen LogP contribution in [0.2, 0.25) is 0 Å². The Morgan fingerprint density at radius 3 is 2.73 bits per heavy atom. The van der Waals surface area contributed by atoms with Gasteiger partial charge >= 0.3 is 0 Å². The third-order valence-electron chi connectivity index (χ3n) is 4.19. The number of benzene rings is 1. The Kier molecular flexibility index (Phi) is 5.62. The lowest BCUT2D eigenvalue weighted by atomic mass is 9.89. The first kappa shape index (κ1) is 17.0. The molecule has 0 saturated heterocycles. The molecular formula is C18H26O4. The van der Waals surface area contributed by atoms with Crippen LogP contribution in [-0.2, 0) is 17.8 Å². The number of aromatic hydroxyl groups is 1. The Bertz CT molecular complexity index is 544. The third kappa shape index (κ3) is 3.88. The summed E-state index contributed by atoms with van der Waals surface area (Å²) in [5, 5.41) is 30.4. The van der Waals surface area contributed by atoms with E-state index in [-0.39, 0.29) is 18.5 Å². The van der Waals surface area contributed by atoms with Crippen LogP contribution in [0.1, 0.15) is 56.4 Å². The summed E-state index contributed by atoms with van der Waals surface area (Å²) < 4.78 is 5.74. The first-order valence-corrected chi connectivity index (χ1v) is 7.84. The standard InChI is InChI=1S/C18H26O4/c1-11(2)4-5-13-6-7-15(20)14-10-22-17(12(3)19)9-8-16(21)18(13)14/h4,6-7,12,16-17,19-21H,5,8-10H2,1-3H3. The summed E-state index contributed by atoms with van der Waals surface area (Å²) in [6.07, 6.45) is 2.38. The van der Waals surface area contributed by atoms with Crippen molar-refractivity contribution in [3.8, 4) is 5.75 Å². The van der Waals surface area contributed by atoms with Gasteiger partial charge in [-0.3, -0.25) is 0 Å². The number of ether oxygens (including phenoxy) is 1. The number of aliphatic hydroxyl groups excluding tert-OH is 2. The van der Waals surface area contributed by atoms with Gasteiger partial charge in [-0.25, -0.2) is 0 Å². The zero-order valence-electron chi connectivity index (χ0n) is 13.5. The summed E-state index contributed by atoms with van der Waals surface area (Å²) in [5.74, 6) is 0.140. The maximum absolute atomic E-state index is 10.6. The van der Waals surface area contributed by atoms with Crippen molar-refractivity contribution in [1.29, 1.82) is 0 Å². The molecule has 122 valence electrons. The van der Waals surface area contributed by atoms with Crippen molar-refractivity contribution in [2.24, 2.45) is 0 Å². The van der Waals surface area contributed by atoms with Gasteiger partial charge in [-0.2, -0.15) is 0 Å². The summed E-state index contributed by atoms with van der Waals surface area (Å²) in [4.78, 5) is 0. The van der Waals surface area contributed by atoms with E-state index in [2.05, 4.69) is 6.08 Å². The molecule has 4 nitrogen and oxygen atoms in total. The second-order valence-corrected chi connectivity index (χ2v) is 6.30. The quantitative estimate of drug-likeness (QED) is 0.751. The van der Waals surface area contributed by atoms with Gasteiger partial charge in [0.15, 0.2) is 0 Å². The van der Waals surface area contributed by atoms with Crippen molar-refractivity contribution in [1.82, 2.24) is 0 Å². The normalized spacial score (nSPS) is 23.1. The highest BCUT2D eigenvalue weighted by molar-refractivity contribution is 5.46. The minimum Gasteiger partial charge on any atom is -0.508 e. The Hall–Kier alpha value is -1.36. The lowest BCUT2D eigenvalue weighted by Gasteiger charge is -2.28. The fourth-order valence-corrected chi connectivity index (χ4v) is 2.88. The monoisotopic (exact) mass is 306 g/mol. The molecule has 4 heteroatoms. The van der Waals surface area contributed by atoms with Crippen molar-refractivity contribution in [2.45, 2.75) is 65.0 Å². The van der Waals surface area contributed by atoms with Crippen LogP contribution < -0.4 is 0 Å². The highest BCUT2D eigenvalue weighted by Gasteiger charge is 2.26. The van der Waals surface area contributed by atoms with E-state index < -0.39 is 12.2 Å². The zero-order chi connectivity index (χ0) is 16.3. The molecule has 2 rings (SSSR count). The van der Waals surface area contributed by atoms with Gasteiger partial charge in [-0.1, -0.05) is 17.7 Å². The van der Waals surface area contributed by atoms with Crippen LogP contribution in [0.4, 0.5) is 0 Å². The average molecular weight is 306 g/mol. The van der Waals surface area contributed by atoms with Crippen molar-refractivity contribution in [2.75, 3.05) is 0 Å². The van der Waals surface area contributed by atoms with Crippen LogP contribution in [0.5, 0.6) is 5.75 Å². The van der Waals surface area contributed by atoms with E-state index in [0.717, 1.165) is 17.5 Å². The van der Waals surface area contributed by atoms with Gasteiger partial charge in [0.25, 0.3) is 0 Å². The Labute approximate surface area is 132 Å². The van der Waals surface area contributed by atoms with Gasteiger partial charge in [-0.15, -0.1) is 0 Å². The van der Waals surface area contributed by atoms with Crippen molar-refractivity contribution < 1.29 is 20.1 Å². The van der Waals surface area contributed by atoms with Crippen LogP contribution in [0, 0.1) is 0 Å². The second-order valence-electron chi connectivity index (χ2n) is 6.30. The molecular weight excluding hydrogens is 280 g/mol. The Morgan fingerprint density at radius 2 is 2.09 bits per heavy atom. The fourth-order valence-electron chi connectivity index (χ4n) is 2.88. The smallest absolute Gasteiger partial charge is 0.121 e. The number of hydrogen-bond acceptors (Lipinski definition) is 4. The van der Waals surface area contributed by atoms with E-state index in [4.69, 9.17) is 4.74 Å². The zero-order valence-corrected chi connectivity index (χ0v) is 13.5. The SMILES string of the molecule is CC(C)=CCc1ccc(O)c2c1C(O)CCC(C(C)O)OC2. The van der Waals surface area contributed by atoms with Gasteiger partial charge in [0, 0.05) is 5.56 Å². The molecule has 1 aromatic carbocycles. The predicted molar refractivity (Wildman–Crippen MR) is 85.7 cm³/mol. The molecule has 22 heavy (non-hydrogen) atoms. The molecule has 3 N–H and O–H groups in total. The molecule has 0 bridgehead atoms. The summed E-state index contributed by atoms with van der Waals surface area (Å²) in [7, 11) is 0. The van der Waals surface area contributed by atoms with E-state index in [1.165, 1.54) is 5.57 Å². The Balaban J connectivity index is 2.38. The average Bonchev–Trinajstić information content (AvgIpc) is 2.43. The van der Waals surface area contributed by atoms with Gasteiger partial charge in [0.05, 0.1) is 24.9 Å². The van der Waals surface area contributed by atoms with Gasteiger partial charge < -0.3 is 20.1 Å². The highest BCUT2D eigenvalue weighted by Crippen LogP contribution is 2.36. The molecule has 0 amide bonds. The van der Waals surface area contributed by atoms with Crippen LogP contribution in [0.25, 0.3) is 0 Å². The minimum atomic E-state index is -0.646. The first-order valence-electron chi connectivity index (χ1n) is 7.84. The van der Waals surface area contributed by atoms with E-state index in [1.54, 1.807) is 13.0 Å². The van der Waals surface area contributed by atoms with Crippen molar-refractivity contribution in [3.05, 3.63) is 40.5 Å². The number of phenols is 1. The van der Waals surface area contributed by atoms with Crippen molar-refractivity contribution in [3.63, 3.8) is 0 Å². The maximum Gasteiger partial charge on any atom is 0.121 e. The van der Waals surface area contributed by atoms with E-state index in [1.807, 2.05) is 19.9 Å². The molecule has 0 spiro atoms. The molecule has 1 aliphatic rings. The van der Waals surface area contributed by atoms with E-state index >= 15 is 0 Å². The third-order valence-corrected chi connectivity index (χ3v) is 4.19. The number of allylic oxidation sites excluding steroid dienone is 2. The lowest BCUT2D eigenvalue weighted by molar-refractivity contribution is -0.0535. The summed E-state index contributed by atoms with van der Waals surface area (Å²) in [6.45, 7) is 5.97. The molecule has 1 heterocycles. The number of phenolic OH excluding ortho intramolecular Hbond substituents is 1. The maximum atomic E-state index is 10.6. The van der Waals surface area contributed by atoms with E-state index in [0.29, 0.717) is 18.4 Å². The fraction of sp³-hybridized carbons (Fsp3) is 0.556. The molecule has 3 unspecified atom stereocenters. The lowest BCUT2D eigenvalue weighted by Crippen LogP contribution is -2.29. The van der Waals surface area contributed by atoms with Crippen LogP contribution >= 0.6 is 0 Å². The molecule has 0 radical (unpaired) electrons. The molecule has 0 fully saturated rings. The molecule has 1 aromatic rings. The number of fused-ring (bicyclic) bond motifs is 1. The number of hydrogen-bond donors (Lipinski definition) is 3. The van der Waals surface area contributed by atoms with Crippen molar-refractivity contribution >= 4 is 0 Å². The van der Waals surface area contributed by atoms with Gasteiger partial charge in [-0.05, 0) is 57.2 Å². The molecule has 1 aliphatic heterocycles. The molecule has 3 atom stereocenters. The van der Waals surface area contributed by atoms with Gasteiger partial charge in [0.1, 0.15) is 5.75 Å². The van der Waals surface area contributed by atoms with Crippen LogP contribution in [0.3, 0.4) is 0 Å². The molecule has 0 aromatic heterocycles. The van der Waals surface area contributed by atoms with Crippen LogP contribution in [-0.4, -0.2) is 27.5 Å². The minimum absolute atomic E-state index is 0.140. The summed E-state index contributed by atoms with van der Waals surface area (Å²) in [6, 6.07) is 3.52. The van der Waals surface area contributed by atoms with Crippen LogP contribution in [0.15, 0.2) is 23.8 Å². The number of rotatable bonds is 3. The predicted octanol–water partition coefficient (Wildman–Crippen LogP) is 2.99. The van der Waals surface area contributed by atoms with Gasteiger partial charge in [0.2, 0.25) is 0 Å². The number of aliphatic hydroxyl groups is 2. The topological polar surface area (TPSA) is 69.9 Å². The summed E-state index contributed by atoms with van der Waals surface area (Å²) >= 11 is 0. The van der Waals surface area contributed by atoms with E-state index in [9.17, 15) is 15.3 Å². The largest absolute Gasteiger partial charge is 0.508 e. The first-order chi connectivity index (χ1) is 10.4. The molecule has 0 saturated carbocycles. The second kappa shape index (κ2) is 7.27. The molecule has 0 aliphatic carbocycles.